The highest BCUT2D eigenvalue weighted by molar-refractivity contribution is 7.89. The zero-order valence-corrected chi connectivity index (χ0v) is 20.3. The average molecular weight is 488 g/mol. The fourth-order valence-electron chi connectivity index (χ4n) is 4.22. The van der Waals surface area contributed by atoms with Crippen LogP contribution in [0.3, 0.4) is 0 Å². The van der Waals surface area contributed by atoms with Gasteiger partial charge in [-0.05, 0) is 56.0 Å². The van der Waals surface area contributed by atoms with Crippen LogP contribution in [0.1, 0.15) is 18.4 Å². The van der Waals surface area contributed by atoms with E-state index in [0.717, 1.165) is 54.9 Å². The van der Waals surface area contributed by atoms with Crippen molar-refractivity contribution in [3.63, 3.8) is 0 Å². The molecule has 0 radical (unpaired) electrons. The maximum atomic E-state index is 12.9. The maximum absolute atomic E-state index is 12.9. The molecule has 1 fully saturated rings. The van der Waals surface area contributed by atoms with E-state index in [1.165, 1.54) is 18.7 Å². The number of hydrogen-bond donors (Lipinski definition) is 1. The van der Waals surface area contributed by atoms with Gasteiger partial charge in [0.1, 0.15) is 15.9 Å². The molecule has 4 rings (SSSR count). The number of likely N-dealkylation sites (N-methyl/N-ethyl adjacent to an activating group) is 1. The highest BCUT2D eigenvalue weighted by Gasteiger charge is 2.26. The van der Waals surface area contributed by atoms with Gasteiger partial charge in [0.15, 0.2) is 0 Å². The molecule has 2 heterocycles. The van der Waals surface area contributed by atoms with E-state index < -0.39 is 10.0 Å². The van der Waals surface area contributed by atoms with Gasteiger partial charge in [-0.2, -0.15) is 13.1 Å². The number of aromatic nitrogens is 2. The van der Waals surface area contributed by atoms with Gasteiger partial charge in [-0.1, -0.05) is 36.4 Å². The Bertz CT molecular complexity index is 1180. The van der Waals surface area contributed by atoms with Crippen molar-refractivity contribution < 1.29 is 13.2 Å². The third-order valence-electron chi connectivity index (χ3n) is 6.13. The lowest BCUT2D eigenvalue weighted by Crippen LogP contribution is -2.43. The van der Waals surface area contributed by atoms with Crippen molar-refractivity contribution in [2.24, 2.45) is 5.92 Å². The number of fused-ring (bicyclic) bond motifs is 1. The second-order valence-electron chi connectivity index (χ2n) is 8.47. The van der Waals surface area contributed by atoms with E-state index in [9.17, 15) is 13.2 Å². The zero-order valence-electron chi connectivity index (χ0n) is 18.7. The first-order chi connectivity index (χ1) is 15.9. The molecule has 0 aliphatic carbocycles. The predicted molar refractivity (Wildman–Crippen MR) is 130 cm³/mol. The second kappa shape index (κ2) is 10.7. The van der Waals surface area contributed by atoms with Crippen LogP contribution in [-0.2, 0) is 21.2 Å². The molecule has 1 aliphatic heterocycles. The number of benzene rings is 2. The third-order valence-corrected chi connectivity index (χ3v) is 8.51. The molecule has 8 nitrogen and oxygen atoms in total. The summed E-state index contributed by atoms with van der Waals surface area (Å²) in [5.74, 6) is 0.387. The molecular formula is C23H29N5O3S2. The van der Waals surface area contributed by atoms with Crippen LogP contribution in [0.25, 0.3) is 11.0 Å². The molecule has 0 spiro atoms. The van der Waals surface area contributed by atoms with Crippen LogP contribution in [0.2, 0.25) is 0 Å². The maximum Gasteiger partial charge on any atom is 0.245 e. The van der Waals surface area contributed by atoms with Gasteiger partial charge in [0, 0.05) is 20.1 Å². The largest absolute Gasteiger partial charge is 0.354 e. The Morgan fingerprint density at radius 2 is 1.88 bits per heavy atom. The van der Waals surface area contributed by atoms with Crippen LogP contribution in [0.4, 0.5) is 0 Å². The van der Waals surface area contributed by atoms with Crippen LogP contribution in [0.5, 0.6) is 0 Å². The molecule has 1 N–H and O–H groups in total. The van der Waals surface area contributed by atoms with Crippen molar-refractivity contribution in [3.8, 4) is 0 Å². The molecule has 176 valence electrons. The Kier molecular flexibility index (Phi) is 7.69. The lowest BCUT2D eigenvalue weighted by molar-refractivity contribution is -0.121. The summed E-state index contributed by atoms with van der Waals surface area (Å²) in [6, 6.07) is 15.4. The van der Waals surface area contributed by atoms with E-state index in [1.54, 1.807) is 12.1 Å². The molecule has 1 aliphatic rings. The summed E-state index contributed by atoms with van der Waals surface area (Å²) >= 11 is 0.967. The zero-order chi connectivity index (χ0) is 23.3. The molecule has 1 saturated heterocycles. The van der Waals surface area contributed by atoms with Crippen molar-refractivity contribution in [1.29, 1.82) is 0 Å². The van der Waals surface area contributed by atoms with Gasteiger partial charge in [-0.15, -0.1) is 0 Å². The van der Waals surface area contributed by atoms with E-state index in [2.05, 4.69) is 43.2 Å². The number of piperidine rings is 1. The fraction of sp³-hybridized carbons (Fsp3) is 0.435. The first-order valence-electron chi connectivity index (χ1n) is 11.1. The van der Waals surface area contributed by atoms with Crippen LogP contribution in [0.15, 0.2) is 53.4 Å². The number of amides is 1. The van der Waals surface area contributed by atoms with Crippen molar-refractivity contribution in [3.05, 3.63) is 54.1 Å². The first-order valence-corrected chi connectivity index (χ1v) is 13.3. The first kappa shape index (κ1) is 23.7. The molecule has 10 heteroatoms. The highest BCUT2D eigenvalue weighted by atomic mass is 32.2. The summed E-state index contributed by atoms with van der Waals surface area (Å²) < 4.78 is 35.1. The SMILES string of the molecule is CN(CC(=O)NCCN1CCC(Cc2ccccc2)CC1)S(=O)(=O)c1cccc2nsnc12. The minimum Gasteiger partial charge on any atom is -0.354 e. The number of likely N-dealkylation sites (tertiary alicyclic amines) is 1. The fourth-order valence-corrected chi connectivity index (χ4v) is 6.09. The molecule has 1 amide bonds. The smallest absolute Gasteiger partial charge is 0.245 e. The Morgan fingerprint density at radius 3 is 2.64 bits per heavy atom. The highest BCUT2D eigenvalue weighted by Crippen LogP contribution is 2.24. The Morgan fingerprint density at radius 1 is 1.12 bits per heavy atom. The Hall–Kier alpha value is -2.40. The van der Waals surface area contributed by atoms with E-state index in [0.29, 0.717) is 23.5 Å². The molecule has 0 atom stereocenters. The third kappa shape index (κ3) is 5.94. The molecule has 0 saturated carbocycles. The van der Waals surface area contributed by atoms with Crippen LogP contribution in [-0.4, -0.2) is 72.0 Å². The summed E-state index contributed by atoms with van der Waals surface area (Å²) in [6.07, 6.45) is 3.43. The van der Waals surface area contributed by atoms with Crippen molar-refractivity contribution >= 4 is 38.7 Å². The van der Waals surface area contributed by atoms with Gasteiger partial charge in [0.25, 0.3) is 0 Å². The Labute approximate surface area is 199 Å². The lowest BCUT2D eigenvalue weighted by Gasteiger charge is -2.32. The van der Waals surface area contributed by atoms with E-state index in [1.807, 2.05) is 6.07 Å². The summed E-state index contributed by atoms with van der Waals surface area (Å²) in [7, 11) is -2.43. The van der Waals surface area contributed by atoms with E-state index in [4.69, 9.17) is 0 Å². The number of hydrogen-bond acceptors (Lipinski definition) is 7. The molecule has 2 aromatic carbocycles. The monoisotopic (exact) mass is 487 g/mol. The standard InChI is InChI=1S/C23H29N5O3S2/c1-27(33(30,31)21-9-5-8-20-23(21)26-32-25-20)17-22(29)24-12-15-28-13-10-19(11-14-28)16-18-6-3-2-4-7-18/h2-9,19H,10-17H2,1H3,(H,24,29). The van der Waals surface area contributed by atoms with Crippen LogP contribution in [0, 0.1) is 5.92 Å². The number of nitrogens with one attached hydrogen (secondary N) is 1. The predicted octanol–water partition coefficient (Wildman–Crippen LogP) is 2.38. The molecule has 0 unspecified atom stereocenters. The average Bonchev–Trinajstić information content (AvgIpc) is 3.30. The van der Waals surface area contributed by atoms with Gasteiger partial charge in [0.2, 0.25) is 15.9 Å². The molecular weight excluding hydrogens is 458 g/mol. The van der Waals surface area contributed by atoms with E-state index >= 15 is 0 Å². The minimum absolute atomic E-state index is 0.0717. The van der Waals surface area contributed by atoms with Crippen molar-refractivity contribution in [1.82, 2.24) is 23.3 Å². The Balaban J connectivity index is 1.20. The van der Waals surface area contributed by atoms with E-state index in [-0.39, 0.29) is 17.3 Å². The molecule has 3 aromatic rings. The van der Waals surface area contributed by atoms with Crippen molar-refractivity contribution in [2.45, 2.75) is 24.2 Å². The second-order valence-corrected chi connectivity index (χ2v) is 11.0. The number of carbonyl (C=O) groups excluding carboxylic acids is 1. The number of sulfonamides is 1. The molecule has 0 bridgehead atoms. The summed E-state index contributed by atoms with van der Waals surface area (Å²) in [6.45, 7) is 3.07. The van der Waals surface area contributed by atoms with Crippen LogP contribution < -0.4 is 5.32 Å². The van der Waals surface area contributed by atoms with Gasteiger partial charge in [-0.25, -0.2) is 8.42 Å². The topological polar surface area (TPSA) is 95.5 Å². The normalized spacial score (nSPS) is 15.8. The lowest BCUT2D eigenvalue weighted by atomic mass is 9.90. The van der Waals surface area contributed by atoms with Gasteiger partial charge >= 0.3 is 0 Å². The van der Waals surface area contributed by atoms with Crippen molar-refractivity contribution in [2.75, 3.05) is 39.8 Å². The van der Waals surface area contributed by atoms with Gasteiger partial charge in [0.05, 0.1) is 18.3 Å². The quantitative estimate of drug-likeness (QED) is 0.498. The summed E-state index contributed by atoms with van der Waals surface area (Å²) in [5, 5.41) is 2.86. The summed E-state index contributed by atoms with van der Waals surface area (Å²) in [5.41, 5.74) is 2.27. The molecule has 1 aromatic heterocycles. The van der Waals surface area contributed by atoms with Gasteiger partial charge in [-0.3, -0.25) is 4.79 Å². The number of rotatable bonds is 9. The summed E-state index contributed by atoms with van der Waals surface area (Å²) in [4.78, 5) is 14.8. The minimum atomic E-state index is -3.84. The molecule has 33 heavy (non-hydrogen) atoms. The van der Waals surface area contributed by atoms with Gasteiger partial charge < -0.3 is 10.2 Å². The van der Waals surface area contributed by atoms with Crippen LogP contribution >= 0.6 is 11.7 Å². The number of carbonyl (C=O) groups is 1. The number of nitrogens with zero attached hydrogens (tertiary/aromatic N) is 4.